The fourth-order valence-electron chi connectivity index (χ4n) is 1.28. The second-order valence-electron chi connectivity index (χ2n) is 4.63. The topological polar surface area (TPSA) is 49.4 Å². The van der Waals surface area contributed by atoms with E-state index in [0.29, 0.717) is 0 Å². The third-order valence-corrected chi connectivity index (χ3v) is 2.06. The number of nitrogens with zero attached hydrogens (tertiary/aromatic N) is 1. The van der Waals surface area contributed by atoms with Gasteiger partial charge in [-0.1, -0.05) is 0 Å². The smallest absolute Gasteiger partial charge is 0.310 e. The molecule has 4 nitrogen and oxygen atoms in total. The van der Waals surface area contributed by atoms with Gasteiger partial charge < -0.3 is 4.74 Å². The van der Waals surface area contributed by atoms with Crippen LogP contribution in [0, 0.1) is 0 Å². The molecule has 0 saturated carbocycles. The molecule has 1 unspecified atom stereocenters. The standard InChI is InChI=1S/C10H18NO3/c1-10(2,3)14-9(13)7-8(12)11-5-4-6-11/h8H,4-7H2,1-3H3. The highest BCUT2D eigenvalue weighted by Crippen LogP contribution is 2.15. The first-order chi connectivity index (χ1) is 6.38. The molecule has 0 amide bonds. The average molecular weight is 200 g/mol. The fourth-order valence-corrected chi connectivity index (χ4v) is 1.28. The van der Waals surface area contributed by atoms with E-state index >= 15 is 0 Å². The molecule has 0 spiro atoms. The van der Waals surface area contributed by atoms with E-state index in [1.54, 1.807) is 25.7 Å². The maximum absolute atomic E-state index is 11.4. The number of carbonyl (C=O) groups excluding carboxylic acids is 1. The summed E-state index contributed by atoms with van der Waals surface area (Å²) in [5.41, 5.74) is -0.494. The van der Waals surface area contributed by atoms with Crippen LogP contribution in [0.5, 0.6) is 0 Å². The lowest BCUT2D eigenvalue weighted by Crippen LogP contribution is -2.45. The van der Waals surface area contributed by atoms with Crippen LogP contribution in [0.3, 0.4) is 0 Å². The van der Waals surface area contributed by atoms with E-state index in [2.05, 4.69) is 0 Å². The number of hydrogen-bond acceptors (Lipinski definition) is 3. The van der Waals surface area contributed by atoms with Crippen molar-refractivity contribution in [1.82, 2.24) is 4.90 Å². The first-order valence-corrected chi connectivity index (χ1v) is 5.00. The van der Waals surface area contributed by atoms with E-state index in [4.69, 9.17) is 4.74 Å². The van der Waals surface area contributed by atoms with Crippen molar-refractivity contribution in [2.24, 2.45) is 0 Å². The normalized spacial score (nSPS) is 20.0. The fraction of sp³-hybridized carbons (Fsp3) is 0.900. The molecule has 0 aromatic rings. The molecule has 0 aliphatic carbocycles. The lowest BCUT2D eigenvalue weighted by atomic mass is 10.1. The Hall–Kier alpha value is -0.610. The van der Waals surface area contributed by atoms with Gasteiger partial charge in [0, 0.05) is 13.1 Å². The monoisotopic (exact) mass is 200 g/mol. The molecular weight excluding hydrogens is 182 g/mol. The molecule has 0 bridgehead atoms. The Kier molecular flexibility index (Phi) is 3.50. The van der Waals surface area contributed by atoms with Crippen LogP contribution in [-0.4, -0.2) is 35.8 Å². The Morgan fingerprint density at radius 3 is 2.36 bits per heavy atom. The molecule has 1 saturated heterocycles. The summed E-state index contributed by atoms with van der Waals surface area (Å²) in [6.45, 7) is 7.03. The van der Waals surface area contributed by atoms with Crippen molar-refractivity contribution in [3.8, 4) is 0 Å². The molecule has 1 rings (SSSR count). The molecule has 14 heavy (non-hydrogen) atoms. The summed E-state index contributed by atoms with van der Waals surface area (Å²) in [5.74, 6) is -0.399. The van der Waals surface area contributed by atoms with Gasteiger partial charge in [0.1, 0.15) is 5.60 Å². The van der Waals surface area contributed by atoms with Crippen molar-refractivity contribution in [2.75, 3.05) is 13.1 Å². The maximum atomic E-state index is 11.4. The minimum absolute atomic E-state index is 0.0444. The van der Waals surface area contributed by atoms with E-state index in [9.17, 15) is 9.90 Å². The van der Waals surface area contributed by atoms with E-state index in [1.165, 1.54) is 0 Å². The summed E-state index contributed by atoms with van der Waals surface area (Å²) in [4.78, 5) is 13.0. The van der Waals surface area contributed by atoms with Gasteiger partial charge in [0.2, 0.25) is 0 Å². The molecule has 0 aromatic carbocycles. The Balaban J connectivity index is 2.25. The zero-order valence-corrected chi connectivity index (χ0v) is 9.08. The van der Waals surface area contributed by atoms with E-state index < -0.39 is 17.8 Å². The van der Waals surface area contributed by atoms with Crippen LogP contribution < -0.4 is 0 Å². The molecule has 0 N–H and O–H groups in total. The zero-order chi connectivity index (χ0) is 10.8. The van der Waals surface area contributed by atoms with E-state index in [0.717, 1.165) is 19.5 Å². The van der Waals surface area contributed by atoms with Crippen LogP contribution in [0.1, 0.15) is 33.6 Å². The van der Waals surface area contributed by atoms with Gasteiger partial charge in [0.05, 0.1) is 6.42 Å². The van der Waals surface area contributed by atoms with Gasteiger partial charge in [-0.05, 0) is 27.2 Å². The molecule has 0 aromatic heterocycles. The quantitative estimate of drug-likeness (QED) is 0.643. The van der Waals surface area contributed by atoms with Crippen LogP contribution >= 0.6 is 0 Å². The van der Waals surface area contributed by atoms with Gasteiger partial charge in [-0.15, -0.1) is 0 Å². The average Bonchev–Trinajstić information content (AvgIpc) is 1.75. The lowest BCUT2D eigenvalue weighted by Gasteiger charge is -2.33. The van der Waals surface area contributed by atoms with Crippen molar-refractivity contribution in [3.05, 3.63) is 0 Å². The number of ether oxygens (including phenoxy) is 1. The predicted octanol–water partition coefficient (Wildman–Crippen LogP) is 1.18. The summed E-state index contributed by atoms with van der Waals surface area (Å²) in [7, 11) is 0. The van der Waals surface area contributed by atoms with Crippen LogP contribution in [0.15, 0.2) is 0 Å². The summed E-state index contributed by atoms with van der Waals surface area (Å²) in [5, 5.41) is 11.4. The van der Waals surface area contributed by atoms with Crippen molar-refractivity contribution >= 4 is 5.97 Å². The third kappa shape index (κ3) is 3.64. The van der Waals surface area contributed by atoms with Crippen molar-refractivity contribution in [2.45, 2.75) is 45.4 Å². The van der Waals surface area contributed by atoms with Crippen molar-refractivity contribution in [3.63, 3.8) is 0 Å². The second-order valence-corrected chi connectivity index (χ2v) is 4.63. The van der Waals surface area contributed by atoms with Gasteiger partial charge in [0.15, 0.2) is 6.23 Å². The van der Waals surface area contributed by atoms with Crippen LogP contribution in [0.2, 0.25) is 0 Å². The Bertz CT molecular complexity index is 206. The highest BCUT2D eigenvalue weighted by atomic mass is 16.6. The molecule has 1 atom stereocenters. The number of hydrogen-bond donors (Lipinski definition) is 0. The lowest BCUT2D eigenvalue weighted by molar-refractivity contribution is -0.165. The van der Waals surface area contributed by atoms with Crippen LogP contribution in [0.4, 0.5) is 0 Å². The molecular formula is C10H18NO3. The second kappa shape index (κ2) is 4.28. The third-order valence-electron chi connectivity index (χ3n) is 2.06. The Morgan fingerprint density at radius 1 is 1.43 bits per heavy atom. The van der Waals surface area contributed by atoms with Crippen LogP contribution in [-0.2, 0) is 14.6 Å². The minimum atomic E-state index is -0.918. The first-order valence-electron chi connectivity index (χ1n) is 5.00. The molecule has 1 aliphatic rings. The van der Waals surface area contributed by atoms with Crippen LogP contribution in [0.25, 0.3) is 0 Å². The summed E-state index contributed by atoms with van der Waals surface area (Å²) in [6, 6.07) is 0. The van der Waals surface area contributed by atoms with Gasteiger partial charge in [0.25, 0.3) is 0 Å². The molecule has 81 valence electrons. The summed E-state index contributed by atoms with van der Waals surface area (Å²) >= 11 is 0. The molecule has 1 fully saturated rings. The minimum Gasteiger partial charge on any atom is -0.460 e. The molecule has 1 heterocycles. The Morgan fingerprint density at radius 2 is 2.00 bits per heavy atom. The molecule has 1 radical (unpaired) electrons. The zero-order valence-electron chi connectivity index (χ0n) is 9.08. The maximum Gasteiger partial charge on any atom is 0.310 e. The SMILES string of the molecule is CC(C)(C)OC(=O)CC([O])N1CCC1. The van der Waals surface area contributed by atoms with E-state index in [1.807, 2.05) is 0 Å². The number of esters is 1. The molecule has 4 heteroatoms. The Labute approximate surface area is 84.8 Å². The van der Waals surface area contributed by atoms with Gasteiger partial charge in [-0.3, -0.25) is 9.69 Å². The van der Waals surface area contributed by atoms with Crippen molar-refractivity contribution < 1.29 is 14.6 Å². The van der Waals surface area contributed by atoms with E-state index in [-0.39, 0.29) is 6.42 Å². The number of rotatable bonds is 3. The highest BCUT2D eigenvalue weighted by Gasteiger charge is 2.27. The highest BCUT2D eigenvalue weighted by molar-refractivity contribution is 5.70. The molecule has 1 aliphatic heterocycles. The van der Waals surface area contributed by atoms with Gasteiger partial charge in [-0.2, -0.15) is 0 Å². The predicted molar refractivity (Wildman–Crippen MR) is 51.1 cm³/mol. The largest absolute Gasteiger partial charge is 0.460 e. The van der Waals surface area contributed by atoms with Crippen molar-refractivity contribution in [1.29, 1.82) is 0 Å². The van der Waals surface area contributed by atoms with Gasteiger partial charge in [-0.25, -0.2) is 5.11 Å². The summed E-state index contributed by atoms with van der Waals surface area (Å²) in [6.07, 6.45) is 0.100. The summed E-state index contributed by atoms with van der Waals surface area (Å²) < 4.78 is 5.06. The number of likely N-dealkylation sites (tertiary alicyclic amines) is 1. The van der Waals surface area contributed by atoms with Gasteiger partial charge >= 0.3 is 5.97 Å². The number of carbonyl (C=O) groups is 1. The first kappa shape index (κ1) is 11.5.